The maximum atomic E-state index is 14.7. The molecule has 0 saturated heterocycles. The summed E-state index contributed by atoms with van der Waals surface area (Å²) in [6.07, 6.45) is 3.27. The molecule has 2 aliphatic rings. The van der Waals surface area contributed by atoms with Crippen molar-refractivity contribution >= 4 is 17.3 Å². The van der Waals surface area contributed by atoms with Crippen LogP contribution >= 0.6 is 0 Å². The summed E-state index contributed by atoms with van der Waals surface area (Å²) in [6.45, 7) is 2.80. The van der Waals surface area contributed by atoms with Crippen LogP contribution in [0.15, 0.2) is 29.5 Å². The second-order valence-electron chi connectivity index (χ2n) is 5.88. The number of benzene rings is 1. The number of aryl methyl sites for hydroxylation is 1. The number of hydrogen-bond acceptors (Lipinski definition) is 4. The smallest absolute Gasteiger partial charge is 0.148 e. The van der Waals surface area contributed by atoms with E-state index in [1.165, 1.54) is 12.1 Å². The molecule has 3 aromatic rings. The fourth-order valence-electron chi connectivity index (χ4n) is 3.30. The number of anilines is 1. The molecule has 0 unspecified atom stereocenters. The number of nitrogens with one attached hydrogen (secondary N) is 1. The monoisotopic (exact) mass is 326 g/mol. The van der Waals surface area contributed by atoms with Gasteiger partial charge in [-0.2, -0.15) is 10.2 Å². The zero-order chi connectivity index (χ0) is 16.4. The van der Waals surface area contributed by atoms with Gasteiger partial charge >= 0.3 is 0 Å². The molecule has 0 spiro atoms. The molecular weight excluding hydrogens is 314 g/mol. The molecule has 5 rings (SSSR count). The molecule has 0 radical (unpaired) electrons. The molecular formula is C16H12F2N6. The molecule has 24 heavy (non-hydrogen) atoms. The Morgan fingerprint density at radius 1 is 1.17 bits per heavy atom. The predicted octanol–water partition coefficient (Wildman–Crippen LogP) is 2.77. The first kappa shape index (κ1) is 13.4. The molecule has 2 aliphatic heterocycles. The zero-order valence-corrected chi connectivity index (χ0v) is 12.7. The third-order valence-corrected chi connectivity index (χ3v) is 4.48. The highest BCUT2D eigenvalue weighted by Crippen LogP contribution is 2.41. The molecule has 6 nitrogen and oxygen atoms in total. The maximum absolute atomic E-state index is 14.7. The minimum absolute atomic E-state index is 0.121. The number of nitrogens with zero attached hydrogens (tertiary/aromatic N) is 5. The second-order valence-corrected chi connectivity index (χ2v) is 5.88. The van der Waals surface area contributed by atoms with Crippen LogP contribution in [0.25, 0.3) is 11.3 Å². The highest BCUT2D eigenvalue weighted by atomic mass is 19.1. The summed E-state index contributed by atoms with van der Waals surface area (Å²) < 4.78 is 31.0. The topological polar surface area (TPSA) is 62.1 Å². The van der Waals surface area contributed by atoms with E-state index in [9.17, 15) is 8.78 Å². The Morgan fingerprint density at radius 3 is 2.92 bits per heavy atom. The van der Waals surface area contributed by atoms with Gasteiger partial charge in [-0.05, 0) is 18.6 Å². The Bertz CT molecular complexity index is 1020. The van der Waals surface area contributed by atoms with Gasteiger partial charge in [-0.15, -0.1) is 0 Å². The van der Waals surface area contributed by atoms with Gasteiger partial charge < -0.3 is 4.90 Å². The first-order chi connectivity index (χ1) is 11.6. The number of amidine groups is 1. The fourth-order valence-corrected chi connectivity index (χ4v) is 3.30. The van der Waals surface area contributed by atoms with Crippen molar-refractivity contribution in [2.45, 2.75) is 13.5 Å². The number of aromatic nitrogens is 4. The average molecular weight is 326 g/mol. The number of aromatic amines is 1. The fraction of sp³-hybridized carbons (Fsp3) is 0.188. The lowest BCUT2D eigenvalue weighted by Crippen LogP contribution is -2.31. The van der Waals surface area contributed by atoms with E-state index < -0.39 is 11.6 Å². The number of fused-ring (bicyclic) bond motifs is 2. The molecule has 0 fully saturated rings. The Kier molecular flexibility index (Phi) is 2.51. The molecule has 4 heterocycles. The summed E-state index contributed by atoms with van der Waals surface area (Å²) >= 11 is 0. The molecule has 0 amide bonds. The number of hydrogen-bond donors (Lipinski definition) is 1. The number of aliphatic imine (C=N–C) groups is 1. The first-order valence-corrected chi connectivity index (χ1v) is 7.56. The molecule has 2 aromatic heterocycles. The van der Waals surface area contributed by atoms with E-state index in [1.807, 2.05) is 9.58 Å². The van der Waals surface area contributed by atoms with Gasteiger partial charge in [0.15, 0.2) is 0 Å². The minimum Gasteiger partial charge on any atom is -0.308 e. The standard InChI is InChI=1S/C16H12F2N6/c1-8-2-3-10(17)12(13(8)18)15-21-11-7-19-22-14(11)9-6-20-24-5-4-23(15)16(9)24/h2-3,6-7H,4-5H2,1H3,(H,19,22). The van der Waals surface area contributed by atoms with Gasteiger partial charge in [0.05, 0.1) is 35.8 Å². The van der Waals surface area contributed by atoms with Gasteiger partial charge in [-0.3, -0.25) is 5.10 Å². The van der Waals surface area contributed by atoms with E-state index >= 15 is 0 Å². The molecule has 1 aromatic carbocycles. The van der Waals surface area contributed by atoms with Crippen LogP contribution in [0.3, 0.4) is 0 Å². The van der Waals surface area contributed by atoms with Gasteiger partial charge in [-0.1, -0.05) is 6.07 Å². The van der Waals surface area contributed by atoms with Crippen molar-refractivity contribution in [1.29, 1.82) is 0 Å². The second kappa shape index (κ2) is 4.50. The van der Waals surface area contributed by atoms with Crippen LogP contribution in [-0.2, 0) is 6.54 Å². The Morgan fingerprint density at radius 2 is 2.04 bits per heavy atom. The summed E-state index contributed by atoms with van der Waals surface area (Å²) in [5.41, 5.74) is 2.32. The number of halogens is 2. The Hall–Kier alpha value is -3.03. The highest BCUT2D eigenvalue weighted by Gasteiger charge is 2.35. The predicted molar refractivity (Wildman–Crippen MR) is 84.4 cm³/mol. The third-order valence-electron chi connectivity index (χ3n) is 4.48. The van der Waals surface area contributed by atoms with E-state index in [2.05, 4.69) is 20.3 Å². The lowest BCUT2D eigenvalue weighted by Gasteiger charge is -2.20. The van der Waals surface area contributed by atoms with E-state index in [0.29, 0.717) is 30.0 Å². The van der Waals surface area contributed by atoms with Crippen LogP contribution in [0.2, 0.25) is 0 Å². The minimum atomic E-state index is -0.636. The van der Waals surface area contributed by atoms with Gasteiger partial charge in [0.2, 0.25) is 0 Å². The summed E-state index contributed by atoms with van der Waals surface area (Å²) in [5, 5.41) is 11.3. The van der Waals surface area contributed by atoms with Crippen LogP contribution in [-0.4, -0.2) is 32.4 Å². The molecule has 8 heteroatoms. The SMILES string of the molecule is Cc1ccc(F)c(C2=Nc3cn[nH]c3-c3cnn4c3N2CC4)c1F. The third kappa shape index (κ3) is 1.60. The van der Waals surface area contributed by atoms with Gasteiger partial charge in [0.25, 0.3) is 0 Å². The van der Waals surface area contributed by atoms with Crippen LogP contribution in [0.4, 0.5) is 20.3 Å². The number of rotatable bonds is 1. The van der Waals surface area contributed by atoms with E-state index in [1.54, 1.807) is 19.3 Å². The molecule has 0 saturated carbocycles. The summed E-state index contributed by atoms with van der Waals surface area (Å²) in [5.74, 6) is -0.213. The van der Waals surface area contributed by atoms with Crippen molar-refractivity contribution in [1.82, 2.24) is 20.0 Å². The molecule has 0 bridgehead atoms. The van der Waals surface area contributed by atoms with Crippen molar-refractivity contribution in [3.8, 4) is 11.3 Å². The van der Waals surface area contributed by atoms with Crippen molar-refractivity contribution in [2.75, 3.05) is 11.4 Å². The Labute approximate surface area is 135 Å². The van der Waals surface area contributed by atoms with E-state index in [-0.39, 0.29) is 11.4 Å². The van der Waals surface area contributed by atoms with Crippen molar-refractivity contribution in [2.24, 2.45) is 4.99 Å². The van der Waals surface area contributed by atoms with Crippen LogP contribution in [0.5, 0.6) is 0 Å². The summed E-state index contributed by atoms with van der Waals surface area (Å²) in [6, 6.07) is 2.69. The van der Waals surface area contributed by atoms with E-state index in [4.69, 9.17) is 0 Å². The normalized spacial score (nSPS) is 15.1. The van der Waals surface area contributed by atoms with Crippen molar-refractivity contribution in [3.05, 3.63) is 47.3 Å². The Balaban J connectivity index is 1.84. The lowest BCUT2D eigenvalue weighted by molar-refractivity contribution is 0.572. The number of H-pyrrole nitrogens is 1. The molecule has 1 N–H and O–H groups in total. The lowest BCUT2D eigenvalue weighted by atomic mass is 10.1. The summed E-state index contributed by atoms with van der Waals surface area (Å²) in [4.78, 5) is 6.35. The first-order valence-electron chi connectivity index (χ1n) is 7.56. The summed E-state index contributed by atoms with van der Waals surface area (Å²) in [7, 11) is 0. The van der Waals surface area contributed by atoms with Gasteiger partial charge in [-0.25, -0.2) is 18.5 Å². The van der Waals surface area contributed by atoms with E-state index in [0.717, 1.165) is 11.4 Å². The van der Waals surface area contributed by atoms with Crippen LogP contribution < -0.4 is 4.90 Å². The maximum Gasteiger partial charge on any atom is 0.148 e. The van der Waals surface area contributed by atoms with Gasteiger partial charge in [0, 0.05) is 6.54 Å². The van der Waals surface area contributed by atoms with Crippen molar-refractivity contribution < 1.29 is 8.78 Å². The molecule has 0 aliphatic carbocycles. The molecule has 0 atom stereocenters. The van der Waals surface area contributed by atoms with Crippen LogP contribution in [0, 0.1) is 18.6 Å². The average Bonchev–Trinajstić information content (AvgIpc) is 3.25. The van der Waals surface area contributed by atoms with Crippen LogP contribution in [0.1, 0.15) is 11.1 Å². The van der Waals surface area contributed by atoms with Crippen molar-refractivity contribution in [3.63, 3.8) is 0 Å². The quantitative estimate of drug-likeness (QED) is 0.748. The highest BCUT2D eigenvalue weighted by molar-refractivity contribution is 6.14. The molecule has 120 valence electrons. The van der Waals surface area contributed by atoms with Gasteiger partial charge in [0.1, 0.15) is 29.0 Å². The largest absolute Gasteiger partial charge is 0.308 e. The zero-order valence-electron chi connectivity index (χ0n) is 12.7.